The predicted molar refractivity (Wildman–Crippen MR) is 105 cm³/mol. The van der Waals surface area contributed by atoms with Crippen LogP contribution in [0.25, 0.3) is 16.5 Å². The Morgan fingerprint density at radius 3 is 2.08 bits per heavy atom. The van der Waals surface area contributed by atoms with E-state index in [0.717, 1.165) is 22.2 Å². The van der Waals surface area contributed by atoms with E-state index in [-0.39, 0.29) is 4.90 Å². The molecule has 26 heavy (non-hydrogen) atoms. The summed E-state index contributed by atoms with van der Waals surface area (Å²) in [5, 5.41) is 2.39. The number of H-pyrrole nitrogens is 1. The highest BCUT2D eigenvalue weighted by molar-refractivity contribution is 7.94. The molecule has 128 valence electrons. The van der Waals surface area contributed by atoms with Gasteiger partial charge in [0.1, 0.15) is 0 Å². The molecule has 4 aromatic rings. The highest BCUT2D eigenvalue weighted by Gasteiger charge is 2.16. The van der Waals surface area contributed by atoms with Crippen LogP contribution in [0.1, 0.15) is 11.3 Å². The van der Waals surface area contributed by atoms with Crippen molar-refractivity contribution in [2.45, 2.75) is 4.90 Å². The summed E-state index contributed by atoms with van der Waals surface area (Å²) in [6.45, 7) is 0. The summed E-state index contributed by atoms with van der Waals surface area (Å²) in [7, 11) is -3.58. The Labute approximate surface area is 152 Å². The van der Waals surface area contributed by atoms with E-state index in [2.05, 4.69) is 4.98 Å². The van der Waals surface area contributed by atoms with Gasteiger partial charge in [-0.15, -0.1) is 0 Å². The SMILES string of the molecule is O=S(=O)(/C=C(\c1ccccc1)c1cc2ccccc2[nH]1)c1ccccc1. The van der Waals surface area contributed by atoms with Gasteiger partial charge >= 0.3 is 0 Å². The number of aromatic amines is 1. The molecule has 0 amide bonds. The van der Waals surface area contributed by atoms with Crippen LogP contribution in [0.2, 0.25) is 0 Å². The van der Waals surface area contributed by atoms with Gasteiger partial charge in [-0.3, -0.25) is 0 Å². The number of aromatic nitrogens is 1. The number of sulfone groups is 1. The highest BCUT2D eigenvalue weighted by atomic mass is 32.2. The van der Waals surface area contributed by atoms with Crippen molar-refractivity contribution < 1.29 is 8.42 Å². The highest BCUT2D eigenvalue weighted by Crippen LogP contribution is 2.28. The second-order valence-electron chi connectivity index (χ2n) is 6.03. The van der Waals surface area contributed by atoms with Crippen molar-refractivity contribution in [3.8, 4) is 0 Å². The number of fused-ring (bicyclic) bond motifs is 1. The molecule has 1 heterocycles. The van der Waals surface area contributed by atoms with E-state index in [1.165, 1.54) is 5.41 Å². The molecule has 4 heteroatoms. The average Bonchev–Trinajstić information content (AvgIpc) is 3.11. The van der Waals surface area contributed by atoms with Crippen LogP contribution < -0.4 is 0 Å². The minimum Gasteiger partial charge on any atom is -0.354 e. The molecule has 1 aromatic heterocycles. The van der Waals surface area contributed by atoms with Gasteiger partial charge in [0, 0.05) is 27.6 Å². The molecule has 0 saturated heterocycles. The first-order valence-corrected chi connectivity index (χ1v) is 9.83. The first kappa shape index (κ1) is 16.4. The lowest BCUT2D eigenvalue weighted by atomic mass is 10.0. The maximum atomic E-state index is 12.9. The maximum Gasteiger partial charge on any atom is 0.200 e. The summed E-state index contributed by atoms with van der Waals surface area (Å²) in [6, 6.07) is 27.9. The second kappa shape index (κ2) is 6.65. The van der Waals surface area contributed by atoms with E-state index in [1.807, 2.05) is 60.7 Å². The van der Waals surface area contributed by atoms with Gasteiger partial charge in [0.25, 0.3) is 0 Å². The van der Waals surface area contributed by atoms with Gasteiger partial charge in [-0.25, -0.2) is 8.42 Å². The Kier molecular flexibility index (Phi) is 4.19. The number of hydrogen-bond acceptors (Lipinski definition) is 2. The molecular weight excluding hydrogens is 342 g/mol. The van der Waals surface area contributed by atoms with Crippen molar-refractivity contribution in [2.24, 2.45) is 0 Å². The maximum absolute atomic E-state index is 12.9. The summed E-state index contributed by atoms with van der Waals surface area (Å²) >= 11 is 0. The van der Waals surface area contributed by atoms with Crippen LogP contribution in [-0.4, -0.2) is 13.4 Å². The largest absolute Gasteiger partial charge is 0.354 e. The fraction of sp³-hybridized carbons (Fsp3) is 0. The molecule has 3 aromatic carbocycles. The monoisotopic (exact) mass is 359 g/mol. The second-order valence-corrected chi connectivity index (χ2v) is 7.82. The van der Waals surface area contributed by atoms with Gasteiger partial charge < -0.3 is 4.98 Å². The molecule has 0 aliphatic carbocycles. The summed E-state index contributed by atoms with van der Waals surface area (Å²) in [6.07, 6.45) is 0. The van der Waals surface area contributed by atoms with E-state index in [9.17, 15) is 8.42 Å². The normalized spacial score (nSPS) is 12.4. The molecule has 3 nitrogen and oxygen atoms in total. The van der Waals surface area contributed by atoms with Gasteiger partial charge in [-0.1, -0.05) is 66.7 Å². The number of nitrogens with one attached hydrogen (secondary N) is 1. The zero-order valence-corrected chi connectivity index (χ0v) is 14.8. The predicted octanol–water partition coefficient (Wildman–Crippen LogP) is 5.03. The van der Waals surface area contributed by atoms with Crippen molar-refractivity contribution in [1.82, 2.24) is 4.98 Å². The zero-order valence-electron chi connectivity index (χ0n) is 14.0. The van der Waals surface area contributed by atoms with Crippen LogP contribution in [-0.2, 0) is 9.84 Å². The molecule has 0 saturated carbocycles. The first-order valence-electron chi connectivity index (χ1n) is 8.29. The summed E-state index contributed by atoms with van der Waals surface area (Å²) < 4.78 is 25.8. The lowest BCUT2D eigenvalue weighted by molar-refractivity contribution is 0.604. The van der Waals surface area contributed by atoms with E-state index < -0.39 is 9.84 Å². The minimum atomic E-state index is -3.58. The topological polar surface area (TPSA) is 49.9 Å². The molecule has 0 bridgehead atoms. The van der Waals surface area contributed by atoms with Crippen LogP contribution in [0.3, 0.4) is 0 Å². The van der Waals surface area contributed by atoms with Gasteiger partial charge in [-0.05, 0) is 29.8 Å². The molecule has 0 aliphatic heterocycles. The van der Waals surface area contributed by atoms with Crippen LogP contribution in [0, 0.1) is 0 Å². The van der Waals surface area contributed by atoms with Crippen LogP contribution in [0.4, 0.5) is 0 Å². The summed E-state index contributed by atoms with van der Waals surface area (Å²) in [4.78, 5) is 3.62. The zero-order chi connectivity index (χ0) is 18.0. The molecule has 0 atom stereocenters. The minimum absolute atomic E-state index is 0.282. The van der Waals surface area contributed by atoms with Crippen LogP contribution in [0.5, 0.6) is 0 Å². The molecule has 0 unspecified atom stereocenters. The third-order valence-electron chi connectivity index (χ3n) is 4.25. The van der Waals surface area contributed by atoms with Crippen LogP contribution in [0.15, 0.2) is 101 Å². The standard InChI is InChI=1S/C22H17NO2S/c24-26(25,19-12-5-2-6-13-19)16-20(17-9-3-1-4-10-17)22-15-18-11-7-8-14-21(18)23-22/h1-16,23H/b20-16+. The Balaban J connectivity index is 1.92. The van der Waals surface area contributed by atoms with E-state index >= 15 is 0 Å². The third-order valence-corrected chi connectivity index (χ3v) is 5.72. The number of para-hydroxylation sites is 1. The number of rotatable bonds is 4. The Morgan fingerprint density at radius 2 is 1.38 bits per heavy atom. The summed E-state index contributed by atoms with van der Waals surface area (Å²) in [5.74, 6) is 0. The molecular formula is C22H17NO2S. The fourth-order valence-corrected chi connectivity index (χ4v) is 4.20. The average molecular weight is 359 g/mol. The fourth-order valence-electron chi connectivity index (χ4n) is 2.96. The molecule has 0 fully saturated rings. The smallest absolute Gasteiger partial charge is 0.200 e. The van der Waals surface area contributed by atoms with E-state index in [4.69, 9.17) is 0 Å². The van der Waals surface area contributed by atoms with Crippen molar-refractivity contribution in [3.63, 3.8) is 0 Å². The first-order chi connectivity index (χ1) is 12.6. The van der Waals surface area contributed by atoms with Gasteiger partial charge in [-0.2, -0.15) is 0 Å². The number of hydrogen-bond donors (Lipinski definition) is 1. The molecule has 0 radical (unpaired) electrons. The van der Waals surface area contributed by atoms with E-state index in [1.54, 1.807) is 30.3 Å². The molecule has 0 aliphatic rings. The van der Waals surface area contributed by atoms with Crippen molar-refractivity contribution in [1.29, 1.82) is 0 Å². The van der Waals surface area contributed by atoms with Crippen molar-refractivity contribution in [3.05, 3.63) is 108 Å². The molecule has 0 spiro atoms. The lowest BCUT2D eigenvalue weighted by Gasteiger charge is -2.07. The Morgan fingerprint density at radius 1 is 0.769 bits per heavy atom. The van der Waals surface area contributed by atoms with Gasteiger partial charge in [0.15, 0.2) is 0 Å². The number of benzene rings is 3. The van der Waals surface area contributed by atoms with Crippen LogP contribution >= 0.6 is 0 Å². The quantitative estimate of drug-likeness (QED) is 0.555. The molecule has 1 N–H and O–H groups in total. The van der Waals surface area contributed by atoms with Gasteiger partial charge in [0.05, 0.1) is 4.90 Å². The van der Waals surface area contributed by atoms with E-state index in [0.29, 0.717) is 5.57 Å². The van der Waals surface area contributed by atoms with Gasteiger partial charge in [0.2, 0.25) is 9.84 Å². The summed E-state index contributed by atoms with van der Waals surface area (Å²) in [5.41, 5.74) is 3.24. The van der Waals surface area contributed by atoms with Crippen molar-refractivity contribution in [2.75, 3.05) is 0 Å². The molecule has 4 rings (SSSR count). The Hall–Kier alpha value is -3.11. The third kappa shape index (κ3) is 3.19. The lowest BCUT2D eigenvalue weighted by Crippen LogP contribution is -1.99. The van der Waals surface area contributed by atoms with Crippen molar-refractivity contribution >= 4 is 26.3 Å². The Bertz CT molecular complexity index is 1140.